The molecule has 0 aromatic rings. The SMILES string of the molecule is CCC1OCCC1CNCC(C)(C)C1CCCNC1. The fourth-order valence-corrected chi connectivity index (χ4v) is 3.62. The van der Waals surface area contributed by atoms with Crippen molar-refractivity contribution in [3.63, 3.8) is 0 Å². The van der Waals surface area contributed by atoms with Gasteiger partial charge < -0.3 is 15.4 Å². The number of nitrogens with one attached hydrogen (secondary N) is 2. The molecule has 0 radical (unpaired) electrons. The number of ether oxygens (including phenoxy) is 1. The Morgan fingerprint density at radius 1 is 1.32 bits per heavy atom. The predicted molar refractivity (Wildman–Crippen MR) is 80.4 cm³/mol. The van der Waals surface area contributed by atoms with Crippen molar-refractivity contribution in [1.82, 2.24) is 10.6 Å². The van der Waals surface area contributed by atoms with E-state index in [0.29, 0.717) is 11.5 Å². The average Bonchev–Trinajstić information content (AvgIpc) is 2.87. The maximum Gasteiger partial charge on any atom is 0.0613 e. The first-order valence-electron chi connectivity index (χ1n) is 8.16. The molecule has 2 saturated heterocycles. The Hall–Kier alpha value is -0.120. The zero-order valence-corrected chi connectivity index (χ0v) is 13.0. The number of rotatable bonds is 6. The van der Waals surface area contributed by atoms with E-state index in [-0.39, 0.29) is 0 Å². The van der Waals surface area contributed by atoms with Crippen LogP contribution in [0.15, 0.2) is 0 Å². The summed E-state index contributed by atoms with van der Waals surface area (Å²) in [5.41, 5.74) is 0.397. The van der Waals surface area contributed by atoms with E-state index in [9.17, 15) is 0 Å². The molecule has 3 atom stereocenters. The van der Waals surface area contributed by atoms with Gasteiger partial charge in [-0.25, -0.2) is 0 Å². The van der Waals surface area contributed by atoms with Gasteiger partial charge in [0.1, 0.15) is 0 Å². The Kier molecular flexibility index (Phi) is 5.67. The minimum Gasteiger partial charge on any atom is -0.378 e. The van der Waals surface area contributed by atoms with Crippen molar-refractivity contribution in [1.29, 1.82) is 0 Å². The summed E-state index contributed by atoms with van der Waals surface area (Å²) in [6.45, 7) is 12.7. The highest BCUT2D eigenvalue weighted by Crippen LogP contribution is 2.31. The maximum atomic E-state index is 5.76. The van der Waals surface area contributed by atoms with Gasteiger partial charge in [-0.1, -0.05) is 20.8 Å². The Balaban J connectivity index is 1.71. The van der Waals surface area contributed by atoms with Gasteiger partial charge in [-0.05, 0) is 56.0 Å². The first-order valence-corrected chi connectivity index (χ1v) is 8.16. The van der Waals surface area contributed by atoms with Crippen LogP contribution >= 0.6 is 0 Å². The first kappa shape index (κ1) is 15.3. The van der Waals surface area contributed by atoms with Gasteiger partial charge in [0.25, 0.3) is 0 Å². The van der Waals surface area contributed by atoms with Crippen molar-refractivity contribution in [2.24, 2.45) is 17.3 Å². The van der Waals surface area contributed by atoms with Crippen molar-refractivity contribution in [3.8, 4) is 0 Å². The molecule has 2 fully saturated rings. The molecule has 0 aliphatic carbocycles. The molecule has 0 spiro atoms. The molecule has 19 heavy (non-hydrogen) atoms. The van der Waals surface area contributed by atoms with Crippen LogP contribution in [0.5, 0.6) is 0 Å². The highest BCUT2D eigenvalue weighted by atomic mass is 16.5. The van der Waals surface area contributed by atoms with E-state index in [4.69, 9.17) is 4.74 Å². The zero-order chi connectivity index (χ0) is 13.7. The van der Waals surface area contributed by atoms with Crippen LogP contribution < -0.4 is 10.6 Å². The third kappa shape index (κ3) is 4.17. The van der Waals surface area contributed by atoms with Gasteiger partial charge in [0.2, 0.25) is 0 Å². The van der Waals surface area contributed by atoms with Crippen LogP contribution in [-0.4, -0.2) is 38.9 Å². The van der Waals surface area contributed by atoms with Gasteiger partial charge in [0.15, 0.2) is 0 Å². The summed E-state index contributed by atoms with van der Waals surface area (Å²) >= 11 is 0. The standard InChI is InChI=1S/C16H32N2O/c1-4-15-13(7-9-19-15)10-18-12-16(2,3)14-6-5-8-17-11-14/h13-15,17-18H,4-12H2,1-3H3. The second-order valence-corrected chi connectivity index (χ2v) is 7.03. The topological polar surface area (TPSA) is 33.3 Å². The molecule has 2 aliphatic rings. The molecule has 0 saturated carbocycles. The van der Waals surface area contributed by atoms with Crippen molar-refractivity contribution < 1.29 is 4.74 Å². The molecule has 0 aromatic heterocycles. The Morgan fingerprint density at radius 2 is 2.16 bits per heavy atom. The summed E-state index contributed by atoms with van der Waals surface area (Å²) in [4.78, 5) is 0. The summed E-state index contributed by atoms with van der Waals surface area (Å²) in [5, 5.41) is 7.26. The smallest absolute Gasteiger partial charge is 0.0613 e. The lowest BCUT2D eigenvalue weighted by Gasteiger charge is -2.38. The Labute approximate surface area is 118 Å². The summed E-state index contributed by atoms with van der Waals surface area (Å²) in [7, 11) is 0. The summed E-state index contributed by atoms with van der Waals surface area (Å²) in [5.74, 6) is 1.54. The summed E-state index contributed by atoms with van der Waals surface area (Å²) in [6.07, 6.45) is 5.60. The molecule has 0 bridgehead atoms. The zero-order valence-electron chi connectivity index (χ0n) is 13.0. The van der Waals surface area contributed by atoms with Crippen molar-refractivity contribution in [2.45, 2.75) is 52.6 Å². The van der Waals surface area contributed by atoms with E-state index in [1.165, 1.54) is 32.4 Å². The van der Waals surface area contributed by atoms with E-state index < -0.39 is 0 Å². The van der Waals surface area contributed by atoms with Crippen LogP contribution in [-0.2, 0) is 4.74 Å². The molecule has 2 N–H and O–H groups in total. The molecule has 3 unspecified atom stereocenters. The molecule has 112 valence electrons. The molecule has 2 heterocycles. The molecule has 3 heteroatoms. The van der Waals surface area contributed by atoms with Gasteiger partial charge >= 0.3 is 0 Å². The Morgan fingerprint density at radius 3 is 2.84 bits per heavy atom. The van der Waals surface area contributed by atoms with Gasteiger partial charge in [-0.3, -0.25) is 0 Å². The third-order valence-corrected chi connectivity index (χ3v) is 5.14. The highest BCUT2D eigenvalue weighted by Gasteiger charge is 2.31. The van der Waals surface area contributed by atoms with Crippen LogP contribution in [0.2, 0.25) is 0 Å². The lowest BCUT2D eigenvalue weighted by Crippen LogP contribution is -2.44. The molecule has 3 nitrogen and oxygen atoms in total. The number of hydrogen-bond donors (Lipinski definition) is 2. The summed E-state index contributed by atoms with van der Waals surface area (Å²) in [6, 6.07) is 0. The van der Waals surface area contributed by atoms with Crippen LogP contribution in [0.1, 0.15) is 46.5 Å². The molecule has 0 amide bonds. The van der Waals surface area contributed by atoms with Gasteiger partial charge in [-0.15, -0.1) is 0 Å². The lowest BCUT2D eigenvalue weighted by atomic mass is 9.75. The van der Waals surface area contributed by atoms with E-state index in [0.717, 1.165) is 38.0 Å². The van der Waals surface area contributed by atoms with E-state index in [1.54, 1.807) is 0 Å². The average molecular weight is 268 g/mol. The molecule has 2 rings (SSSR count). The van der Waals surface area contributed by atoms with Crippen LogP contribution in [0.25, 0.3) is 0 Å². The molecular weight excluding hydrogens is 236 g/mol. The predicted octanol–water partition coefficient (Wildman–Crippen LogP) is 2.42. The highest BCUT2D eigenvalue weighted by molar-refractivity contribution is 4.85. The van der Waals surface area contributed by atoms with E-state index in [1.807, 2.05) is 0 Å². The molecule has 0 aromatic carbocycles. The summed E-state index contributed by atoms with van der Waals surface area (Å²) < 4.78 is 5.76. The molecular formula is C16H32N2O. The fraction of sp³-hybridized carbons (Fsp3) is 1.00. The monoisotopic (exact) mass is 268 g/mol. The first-order chi connectivity index (χ1) is 9.13. The fourth-order valence-electron chi connectivity index (χ4n) is 3.62. The van der Waals surface area contributed by atoms with Gasteiger partial charge in [0, 0.05) is 19.7 Å². The Bertz CT molecular complexity index is 261. The largest absolute Gasteiger partial charge is 0.378 e. The van der Waals surface area contributed by atoms with Gasteiger partial charge in [0.05, 0.1) is 6.10 Å². The van der Waals surface area contributed by atoms with Crippen molar-refractivity contribution in [2.75, 3.05) is 32.8 Å². The number of piperidine rings is 1. The second-order valence-electron chi connectivity index (χ2n) is 7.03. The van der Waals surface area contributed by atoms with E-state index in [2.05, 4.69) is 31.4 Å². The minimum absolute atomic E-state index is 0.397. The second kappa shape index (κ2) is 7.05. The van der Waals surface area contributed by atoms with Crippen molar-refractivity contribution in [3.05, 3.63) is 0 Å². The van der Waals surface area contributed by atoms with Gasteiger partial charge in [-0.2, -0.15) is 0 Å². The van der Waals surface area contributed by atoms with E-state index >= 15 is 0 Å². The van der Waals surface area contributed by atoms with Crippen molar-refractivity contribution >= 4 is 0 Å². The quantitative estimate of drug-likeness (QED) is 0.776. The normalized spacial score (nSPS) is 32.7. The van der Waals surface area contributed by atoms with Crippen LogP contribution in [0.3, 0.4) is 0 Å². The number of hydrogen-bond acceptors (Lipinski definition) is 3. The van der Waals surface area contributed by atoms with Crippen LogP contribution in [0, 0.1) is 17.3 Å². The maximum absolute atomic E-state index is 5.76. The minimum atomic E-state index is 0.397. The van der Waals surface area contributed by atoms with Crippen LogP contribution in [0.4, 0.5) is 0 Å². The molecule has 2 aliphatic heterocycles. The third-order valence-electron chi connectivity index (χ3n) is 5.14. The lowest BCUT2D eigenvalue weighted by molar-refractivity contribution is 0.0853.